The van der Waals surface area contributed by atoms with Crippen molar-refractivity contribution < 1.29 is 23.8 Å². The first-order chi connectivity index (χ1) is 12.6. The number of benzene rings is 1. The number of rotatable bonds is 3. The number of nitrogens with one attached hydrogen (secondary N) is 1. The van der Waals surface area contributed by atoms with Gasteiger partial charge >= 0.3 is 6.03 Å². The van der Waals surface area contributed by atoms with Crippen molar-refractivity contribution in [3.05, 3.63) is 23.8 Å². The van der Waals surface area contributed by atoms with Gasteiger partial charge in [0.2, 0.25) is 0 Å². The van der Waals surface area contributed by atoms with E-state index in [0.29, 0.717) is 12.8 Å². The van der Waals surface area contributed by atoms with E-state index in [1.807, 2.05) is 18.2 Å². The molecule has 0 atom stereocenters. The van der Waals surface area contributed by atoms with E-state index in [4.69, 9.17) is 14.2 Å². The van der Waals surface area contributed by atoms with Crippen LogP contribution < -0.4 is 14.8 Å². The molecular formula is C19H20N2O5. The molecule has 3 heterocycles. The molecule has 7 heteroatoms. The molecular weight excluding hydrogens is 336 g/mol. The van der Waals surface area contributed by atoms with Gasteiger partial charge in [-0.25, -0.2) is 4.79 Å². The quantitative estimate of drug-likeness (QED) is 0.827. The maximum atomic E-state index is 12.6. The molecule has 1 aromatic carbocycles. The Bertz CT molecular complexity index is 823. The molecule has 2 saturated carbocycles. The van der Waals surface area contributed by atoms with Gasteiger partial charge in [-0.3, -0.25) is 9.69 Å². The minimum atomic E-state index is -0.807. The number of fused-ring (bicyclic) bond motifs is 2. The monoisotopic (exact) mass is 356 g/mol. The Morgan fingerprint density at radius 3 is 2.62 bits per heavy atom. The van der Waals surface area contributed by atoms with Gasteiger partial charge in [-0.1, -0.05) is 6.07 Å². The topological polar surface area (TPSA) is 77.1 Å². The Morgan fingerprint density at radius 1 is 1.15 bits per heavy atom. The first-order valence-corrected chi connectivity index (χ1v) is 9.27. The number of carbonyl (C=O) groups is 2. The van der Waals surface area contributed by atoms with Crippen LogP contribution in [0, 0.1) is 0 Å². The van der Waals surface area contributed by atoms with E-state index in [1.54, 1.807) is 0 Å². The second kappa shape index (κ2) is 4.71. The van der Waals surface area contributed by atoms with Gasteiger partial charge in [-0.05, 0) is 25.0 Å². The molecule has 0 unspecified atom stereocenters. The fourth-order valence-electron chi connectivity index (χ4n) is 4.58. The summed E-state index contributed by atoms with van der Waals surface area (Å²) in [5.74, 6) is 1.70. The van der Waals surface area contributed by atoms with Crippen LogP contribution in [0.2, 0.25) is 0 Å². The van der Waals surface area contributed by atoms with Gasteiger partial charge in [0.25, 0.3) is 5.91 Å². The summed E-state index contributed by atoms with van der Waals surface area (Å²) in [6, 6.07) is 5.59. The zero-order chi connectivity index (χ0) is 17.5. The third-order valence-electron chi connectivity index (χ3n) is 6.49. The maximum Gasteiger partial charge on any atom is 0.325 e. The van der Waals surface area contributed by atoms with E-state index in [-0.39, 0.29) is 42.7 Å². The highest BCUT2D eigenvalue weighted by Crippen LogP contribution is 2.58. The SMILES string of the molecule is O=C1NC2(COC2)C(=O)N1C1CC(Oc2cccc3c2C2(CC2)CO3)C1. The molecule has 0 aromatic heterocycles. The van der Waals surface area contributed by atoms with Crippen LogP contribution in [0.3, 0.4) is 0 Å². The summed E-state index contributed by atoms with van der Waals surface area (Å²) >= 11 is 0. The summed E-state index contributed by atoms with van der Waals surface area (Å²) in [7, 11) is 0. The Labute approximate surface area is 150 Å². The summed E-state index contributed by atoms with van der Waals surface area (Å²) in [4.78, 5) is 26.2. The predicted molar refractivity (Wildman–Crippen MR) is 89.2 cm³/mol. The highest BCUT2D eigenvalue weighted by atomic mass is 16.5. The van der Waals surface area contributed by atoms with Crippen LogP contribution in [0.5, 0.6) is 11.5 Å². The number of urea groups is 1. The zero-order valence-electron chi connectivity index (χ0n) is 14.3. The molecule has 0 radical (unpaired) electrons. The molecule has 2 saturated heterocycles. The van der Waals surface area contributed by atoms with Crippen molar-refractivity contribution in [3.63, 3.8) is 0 Å². The second-order valence-electron chi connectivity index (χ2n) is 8.24. The fourth-order valence-corrected chi connectivity index (χ4v) is 4.58. The van der Waals surface area contributed by atoms with Crippen molar-refractivity contribution in [1.29, 1.82) is 0 Å². The maximum absolute atomic E-state index is 12.6. The molecule has 4 fully saturated rings. The molecule has 2 spiro atoms. The van der Waals surface area contributed by atoms with Gasteiger partial charge in [-0.15, -0.1) is 0 Å². The van der Waals surface area contributed by atoms with Crippen molar-refractivity contribution in [2.45, 2.75) is 48.8 Å². The molecule has 7 nitrogen and oxygen atoms in total. The number of amides is 3. The predicted octanol–water partition coefficient (Wildman–Crippen LogP) is 1.34. The fraction of sp³-hybridized carbons (Fsp3) is 0.579. The normalized spacial score (nSPS) is 31.9. The van der Waals surface area contributed by atoms with Crippen LogP contribution in [0.15, 0.2) is 18.2 Å². The number of hydrogen-bond acceptors (Lipinski definition) is 5. The van der Waals surface area contributed by atoms with Crippen molar-refractivity contribution in [3.8, 4) is 11.5 Å². The smallest absolute Gasteiger partial charge is 0.325 e. The molecule has 6 rings (SSSR count). The largest absolute Gasteiger partial charge is 0.492 e. The highest BCUT2D eigenvalue weighted by Gasteiger charge is 2.59. The minimum absolute atomic E-state index is 0.0256. The Balaban J connectivity index is 1.16. The van der Waals surface area contributed by atoms with Crippen LogP contribution in [0.4, 0.5) is 4.79 Å². The zero-order valence-corrected chi connectivity index (χ0v) is 14.3. The first kappa shape index (κ1) is 14.8. The van der Waals surface area contributed by atoms with E-state index < -0.39 is 5.54 Å². The van der Waals surface area contributed by atoms with Gasteiger partial charge in [0.1, 0.15) is 17.6 Å². The average Bonchev–Trinajstić information content (AvgIpc) is 3.16. The van der Waals surface area contributed by atoms with Crippen LogP contribution in [-0.4, -0.2) is 54.3 Å². The summed E-state index contributed by atoms with van der Waals surface area (Å²) in [6.07, 6.45) is 3.68. The molecule has 0 bridgehead atoms. The standard InChI is InChI=1S/C19H20N2O5/c22-16-19(9-24-10-19)20-17(23)21(16)11-6-12(7-11)26-14-3-1-2-13-15(14)18(4-5-18)8-25-13/h1-3,11-12H,4-10H2,(H,20,23). The van der Waals surface area contributed by atoms with E-state index >= 15 is 0 Å². The molecule has 26 heavy (non-hydrogen) atoms. The molecule has 1 N–H and O–H groups in total. The van der Waals surface area contributed by atoms with Crippen LogP contribution in [-0.2, 0) is 14.9 Å². The van der Waals surface area contributed by atoms with Gasteiger partial charge in [0, 0.05) is 29.9 Å². The molecule has 1 aromatic rings. The van der Waals surface area contributed by atoms with Crippen molar-refractivity contribution in [2.75, 3.05) is 19.8 Å². The van der Waals surface area contributed by atoms with Gasteiger partial charge in [0.15, 0.2) is 5.54 Å². The van der Waals surface area contributed by atoms with Gasteiger partial charge < -0.3 is 19.5 Å². The number of imide groups is 1. The number of hydrogen-bond donors (Lipinski definition) is 1. The van der Waals surface area contributed by atoms with E-state index in [1.165, 1.54) is 10.5 Å². The number of ether oxygens (including phenoxy) is 3. The number of carbonyl (C=O) groups excluding carboxylic acids is 2. The van der Waals surface area contributed by atoms with Crippen molar-refractivity contribution in [2.24, 2.45) is 0 Å². The third-order valence-corrected chi connectivity index (χ3v) is 6.49. The lowest BCUT2D eigenvalue weighted by Gasteiger charge is -2.41. The minimum Gasteiger partial charge on any atom is -0.492 e. The van der Waals surface area contributed by atoms with Crippen molar-refractivity contribution in [1.82, 2.24) is 10.2 Å². The molecule has 3 aliphatic heterocycles. The Hall–Kier alpha value is -2.28. The summed E-state index contributed by atoms with van der Waals surface area (Å²) in [5.41, 5.74) is 0.569. The summed E-state index contributed by atoms with van der Waals surface area (Å²) in [5, 5.41) is 2.79. The lowest BCUT2D eigenvalue weighted by molar-refractivity contribution is -0.151. The molecule has 5 aliphatic rings. The summed E-state index contributed by atoms with van der Waals surface area (Å²) < 4.78 is 17.2. The van der Waals surface area contributed by atoms with Crippen molar-refractivity contribution >= 4 is 11.9 Å². The first-order valence-electron chi connectivity index (χ1n) is 9.27. The van der Waals surface area contributed by atoms with Crippen LogP contribution in [0.1, 0.15) is 31.2 Å². The molecule has 136 valence electrons. The van der Waals surface area contributed by atoms with Crippen LogP contribution in [0.25, 0.3) is 0 Å². The van der Waals surface area contributed by atoms with Gasteiger partial charge in [-0.2, -0.15) is 0 Å². The van der Waals surface area contributed by atoms with E-state index in [0.717, 1.165) is 30.9 Å². The van der Waals surface area contributed by atoms with E-state index in [9.17, 15) is 9.59 Å². The number of nitrogens with zero attached hydrogens (tertiary/aromatic N) is 1. The summed E-state index contributed by atoms with van der Waals surface area (Å²) in [6.45, 7) is 1.31. The van der Waals surface area contributed by atoms with E-state index in [2.05, 4.69) is 5.32 Å². The second-order valence-corrected chi connectivity index (χ2v) is 8.24. The Kier molecular flexibility index (Phi) is 2.69. The van der Waals surface area contributed by atoms with Crippen LogP contribution >= 0.6 is 0 Å². The third kappa shape index (κ3) is 1.81. The highest BCUT2D eigenvalue weighted by molar-refractivity contribution is 6.08. The molecule has 2 aliphatic carbocycles. The lowest BCUT2D eigenvalue weighted by atomic mass is 9.86. The lowest BCUT2D eigenvalue weighted by Crippen LogP contribution is -2.63. The Morgan fingerprint density at radius 2 is 1.96 bits per heavy atom. The average molecular weight is 356 g/mol. The van der Waals surface area contributed by atoms with Gasteiger partial charge in [0.05, 0.1) is 19.8 Å². The molecule has 3 amide bonds.